The van der Waals surface area contributed by atoms with Crippen molar-refractivity contribution in [3.8, 4) is 16.9 Å². The Morgan fingerprint density at radius 3 is 2.14 bits per heavy atom. The third kappa shape index (κ3) is 3.40. The van der Waals surface area contributed by atoms with Gasteiger partial charge in [0.15, 0.2) is 12.7 Å². The lowest BCUT2D eigenvalue weighted by molar-refractivity contribution is -0.149. The molecule has 0 atom stereocenters. The van der Waals surface area contributed by atoms with Gasteiger partial charge in [-0.05, 0) is 41.2 Å². The van der Waals surface area contributed by atoms with E-state index in [9.17, 15) is 4.79 Å². The van der Waals surface area contributed by atoms with Crippen molar-refractivity contribution < 1.29 is 14.3 Å². The molecule has 0 unspecified atom stereocenters. The number of ether oxygens (including phenoxy) is 2. The fourth-order valence-electron chi connectivity index (χ4n) is 3.78. The molecule has 0 bridgehead atoms. The van der Waals surface area contributed by atoms with Gasteiger partial charge in [0, 0.05) is 11.1 Å². The first kappa shape index (κ1) is 18.3. The lowest BCUT2D eigenvalue weighted by atomic mass is 10.0. The zero-order valence-electron chi connectivity index (χ0n) is 16.4. The van der Waals surface area contributed by atoms with Gasteiger partial charge < -0.3 is 9.47 Å². The molecule has 3 aromatic rings. The number of carbonyl (C=O) groups excluding carboxylic acids is 1. The summed E-state index contributed by atoms with van der Waals surface area (Å²) in [7, 11) is 0. The molecule has 28 heavy (non-hydrogen) atoms. The topological polar surface area (TPSA) is 35.5 Å². The van der Waals surface area contributed by atoms with Gasteiger partial charge >= 0.3 is 5.97 Å². The average Bonchev–Trinajstić information content (AvgIpc) is 3.00. The number of carbonyl (C=O) groups is 1. The minimum absolute atomic E-state index is 0.107. The van der Waals surface area contributed by atoms with E-state index >= 15 is 0 Å². The van der Waals surface area contributed by atoms with Gasteiger partial charge in [0.2, 0.25) is 0 Å². The van der Waals surface area contributed by atoms with Crippen LogP contribution in [0.1, 0.15) is 48.1 Å². The second-order valence-electron chi connectivity index (χ2n) is 7.53. The van der Waals surface area contributed by atoms with E-state index in [1.807, 2.05) is 49.4 Å². The smallest absolute Gasteiger partial charge is 0.345 e. The van der Waals surface area contributed by atoms with Crippen molar-refractivity contribution in [2.24, 2.45) is 0 Å². The highest BCUT2D eigenvalue weighted by atomic mass is 16.6. The Morgan fingerprint density at radius 1 is 0.929 bits per heavy atom. The molecular weight excluding hydrogens is 348 g/mol. The molecule has 0 saturated carbocycles. The summed E-state index contributed by atoms with van der Waals surface area (Å²) in [6.45, 7) is 6.14. The first-order chi connectivity index (χ1) is 13.5. The fourth-order valence-corrected chi connectivity index (χ4v) is 3.78. The molecule has 0 amide bonds. The van der Waals surface area contributed by atoms with E-state index in [1.54, 1.807) is 0 Å². The summed E-state index contributed by atoms with van der Waals surface area (Å²) < 4.78 is 11.7. The molecule has 0 saturated heterocycles. The molecule has 4 rings (SSSR count). The predicted octanol–water partition coefficient (Wildman–Crippen LogP) is 5.81. The number of benzene rings is 3. The summed E-state index contributed by atoms with van der Waals surface area (Å²) in [5, 5.41) is 0. The largest absolute Gasteiger partial charge is 0.482 e. The van der Waals surface area contributed by atoms with Gasteiger partial charge in [0.05, 0.1) is 0 Å². The summed E-state index contributed by atoms with van der Waals surface area (Å²) in [4.78, 5) is 12.6. The molecule has 0 fully saturated rings. The van der Waals surface area contributed by atoms with Crippen LogP contribution >= 0.6 is 0 Å². The van der Waals surface area contributed by atoms with Crippen LogP contribution < -0.4 is 4.74 Å². The van der Waals surface area contributed by atoms with E-state index < -0.39 is 0 Å². The van der Waals surface area contributed by atoms with Gasteiger partial charge in [0.1, 0.15) is 5.75 Å². The highest BCUT2D eigenvalue weighted by Gasteiger charge is 2.31. The van der Waals surface area contributed by atoms with Crippen LogP contribution in [0, 0.1) is 6.92 Å². The van der Waals surface area contributed by atoms with E-state index in [2.05, 4.69) is 38.1 Å². The van der Waals surface area contributed by atoms with Crippen LogP contribution in [0.3, 0.4) is 0 Å². The number of hydrogen-bond acceptors (Lipinski definition) is 3. The van der Waals surface area contributed by atoms with Gasteiger partial charge in [-0.3, -0.25) is 0 Å². The van der Waals surface area contributed by atoms with E-state index in [1.165, 1.54) is 0 Å². The molecule has 0 aromatic heterocycles. The molecule has 1 aliphatic carbocycles. The van der Waals surface area contributed by atoms with Crippen molar-refractivity contribution in [2.45, 2.75) is 32.8 Å². The molecule has 0 N–H and O–H groups in total. The number of fused-ring (bicyclic) bond motifs is 3. The van der Waals surface area contributed by atoms with Crippen molar-refractivity contribution in [3.63, 3.8) is 0 Å². The van der Waals surface area contributed by atoms with E-state index in [0.29, 0.717) is 5.92 Å². The van der Waals surface area contributed by atoms with Gasteiger partial charge in [-0.2, -0.15) is 0 Å². The van der Waals surface area contributed by atoms with Crippen molar-refractivity contribution in [1.82, 2.24) is 0 Å². The zero-order valence-corrected chi connectivity index (χ0v) is 16.4. The summed E-state index contributed by atoms with van der Waals surface area (Å²) in [6, 6.07) is 22.2. The molecule has 0 heterocycles. The third-order valence-electron chi connectivity index (χ3n) is 5.16. The third-order valence-corrected chi connectivity index (χ3v) is 5.16. The standard InChI is InChI=1S/C25H24O3/c1-16(2)18-13-12-17(3)14-23(18)27-15-24(26)28-25-21-10-6-4-8-19(21)20-9-5-7-11-22(20)25/h4-14,16,25H,15H2,1-3H3. The van der Waals surface area contributed by atoms with E-state index in [0.717, 1.165) is 39.1 Å². The maximum absolute atomic E-state index is 12.6. The maximum Gasteiger partial charge on any atom is 0.345 e. The SMILES string of the molecule is Cc1ccc(C(C)C)c(OCC(=O)OC2c3ccccc3-c3ccccc32)c1. The minimum atomic E-state index is -0.384. The number of hydrogen-bond donors (Lipinski definition) is 0. The van der Waals surface area contributed by atoms with Gasteiger partial charge in [0.25, 0.3) is 0 Å². The highest BCUT2D eigenvalue weighted by Crippen LogP contribution is 2.45. The van der Waals surface area contributed by atoms with E-state index in [4.69, 9.17) is 9.47 Å². The van der Waals surface area contributed by atoms with Crippen LogP contribution in [0.5, 0.6) is 5.75 Å². The molecule has 3 heteroatoms. The van der Waals surface area contributed by atoms with Crippen LogP contribution in [-0.4, -0.2) is 12.6 Å². The maximum atomic E-state index is 12.6. The summed E-state index contributed by atoms with van der Waals surface area (Å²) in [6.07, 6.45) is -0.384. The lowest BCUT2D eigenvalue weighted by Crippen LogP contribution is -2.18. The molecule has 3 aromatic carbocycles. The number of rotatable bonds is 5. The first-order valence-electron chi connectivity index (χ1n) is 9.65. The molecule has 0 aliphatic heterocycles. The molecular formula is C25H24O3. The van der Waals surface area contributed by atoms with Crippen molar-refractivity contribution in [3.05, 3.63) is 89.0 Å². The number of esters is 1. The van der Waals surface area contributed by atoms with Crippen molar-refractivity contribution >= 4 is 5.97 Å². The van der Waals surface area contributed by atoms with Crippen LogP contribution in [0.4, 0.5) is 0 Å². The Balaban J connectivity index is 1.52. The van der Waals surface area contributed by atoms with Gasteiger partial charge in [-0.15, -0.1) is 0 Å². The van der Waals surface area contributed by atoms with Crippen LogP contribution in [0.15, 0.2) is 66.7 Å². The van der Waals surface area contributed by atoms with Crippen LogP contribution in [-0.2, 0) is 9.53 Å². The first-order valence-corrected chi connectivity index (χ1v) is 9.65. The van der Waals surface area contributed by atoms with Crippen molar-refractivity contribution in [1.29, 1.82) is 0 Å². The van der Waals surface area contributed by atoms with E-state index in [-0.39, 0.29) is 18.7 Å². The zero-order chi connectivity index (χ0) is 19.7. The van der Waals surface area contributed by atoms with Crippen molar-refractivity contribution in [2.75, 3.05) is 6.61 Å². The van der Waals surface area contributed by atoms with Crippen LogP contribution in [0.2, 0.25) is 0 Å². The summed E-state index contributed by atoms with van der Waals surface area (Å²) in [5.41, 5.74) is 6.49. The summed E-state index contributed by atoms with van der Waals surface area (Å²) >= 11 is 0. The Hall–Kier alpha value is -3.07. The Morgan fingerprint density at radius 2 is 1.54 bits per heavy atom. The van der Waals surface area contributed by atoms with Gasteiger partial charge in [-0.1, -0.05) is 74.5 Å². The molecule has 3 nitrogen and oxygen atoms in total. The lowest BCUT2D eigenvalue weighted by Gasteiger charge is -2.17. The predicted molar refractivity (Wildman–Crippen MR) is 111 cm³/mol. The Kier molecular flexibility index (Phi) is 4.91. The molecule has 142 valence electrons. The summed E-state index contributed by atoms with van der Waals surface area (Å²) in [5.74, 6) is 0.701. The second-order valence-corrected chi connectivity index (χ2v) is 7.53. The van der Waals surface area contributed by atoms with Crippen LogP contribution in [0.25, 0.3) is 11.1 Å². The van der Waals surface area contributed by atoms with Gasteiger partial charge in [-0.25, -0.2) is 4.79 Å². The minimum Gasteiger partial charge on any atom is -0.482 e. The molecule has 0 spiro atoms. The molecule has 1 aliphatic rings. The monoisotopic (exact) mass is 372 g/mol. The quantitative estimate of drug-likeness (QED) is 0.530. The number of aryl methyl sites for hydroxylation is 1. The molecule has 0 radical (unpaired) electrons. The Labute approximate surface area is 165 Å². The average molecular weight is 372 g/mol. The second kappa shape index (κ2) is 7.51. The normalized spacial score (nSPS) is 12.6. The fraction of sp³-hybridized carbons (Fsp3) is 0.240. The highest BCUT2D eigenvalue weighted by molar-refractivity contribution is 5.80. The Bertz CT molecular complexity index is 974.